The van der Waals surface area contributed by atoms with Gasteiger partial charge in [-0.1, -0.05) is 109 Å². The fraction of sp³-hybridized carbons (Fsp3) is 0. The van der Waals surface area contributed by atoms with Crippen LogP contribution in [0.1, 0.15) is 0 Å². The van der Waals surface area contributed by atoms with Gasteiger partial charge in [0.05, 0.1) is 11.0 Å². The molecule has 0 saturated carbocycles. The Bertz CT molecular complexity index is 2810. The zero-order valence-corrected chi connectivity index (χ0v) is 24.6. The monoisotopic (exact) mass is 588 g/mol. The van der Waals surface area contributed by atoms with Crippen LogP contribution in [0.2, 0.25) is 0 Å². The van der Waals surface area contributed by atoms with E-state index in [0.29, 0.717) is 11.6 Å². The number of nitrogens with zero attached hydrogens (tertiary/aromatic N) is 4. The highest BCUT2D eigenvalue weighted by molar-refractivity contribution is 6.23. The van der Waals surface area contributed by atoms with Crippen LogP contribution in [0.4, 0.5) is 0 Å². The minimum Gasteiger partial charge on any atom is -0.456 e. The van der Waals surface area contributed by atoms with E-state index in [2.05, 4.69) is 112 Å². The number of hydrogen-bond donors (Lipinski definition) is 0. The molecule has 214 valence electrons. The molecule has 46 heavy (non-hydrogen) atoms. The largest absolute Gasteiger partial charge is 0.456 e. The number of para-hydroxylation sites is 1. The smallest absolute Gasteiger partial charge is 0.164 e. The third-order valence-electron chi connectivity index (χ3n) is 9.14. The van der Waals surface area contributed by atoms with Crippen LogP contribution in [0, 0.1) is 0 Å². The van der Waals surface area contributed by atoms with E-state index in [4.69, 9.17) is 9.40 Å². The van der Waals surface area contributed by atoms with Gasteiger partial charge in [-0.05, 0) is 40.4 Å². The predicted molar refractivity (Wildman–Crippen MR) is 187 cm³/mol. The van der Waals surface area contributed by atoms with Crippen LogP contribution < -0.4 is 0 Å². The van der Waals surface area contributed by atoms with Crippen molar-refractivity contribution in [2.45, 2.75) is 0 Å². The fourth-order valence-corrected chi connectivity index (χ4v) is 7.11. The van der Waals surface area contributed by atoms with Crippen LogP contribution in [-0.2, 0) is 0 Å². The summed E-state index contributed by atoms with van der Waals surface area (Å²) in [6.45, 7) is 0. The van der Waals surface area contributed by atoms with Gasteiger partial charge in [0.15, 0.2) is 11.6 Å². The third kappa shape index (κ3) is 3.60. The Labute approximate surface area is 263 Å². The van der Waals surface area contributed by atoms with Gasteiger partial charge in [-0.2, -0.15) is 0 Å². The van der Waals surface area contributed by atoms with Gasteiger partial charge < -0.3 is 8.98 Å². The second-order valence-corrected chi connectivity index (χ2v) is 11.7. The number of hydrogen-bond acceptors (Lipinski definition) is 4. The zero-order chi connectivity index (χ0) is 30.2. The van der Waals surface area contributed by atoms with Gasteiger partial charge in [0.25, 0.3) is 0 Å². The van der Waals surface area contributed by atoms with Crippen molar-refractivity contribution in [2.24, 2.45) is 0 Å². The highest BCUT2D eigenvalue weighted by Gasteiger charge is 2.19. The van der Waals surface area contributed by atoms with E-state index in [0.717, 1.165) is 44.3 Å². The van der Waals surface area contributed by atoms with Gasteiger partial charge in [0.1, 0.15) is 17.5 Å². The molecule has 0 radical (unpaired) electrons. The molecule has 3 aromatic heterocycles. The van der Waals surface area contributed by atoms with Crippen molar-refractivity contribution < 1.29 is 4.42 Å². The number of fused-ring (bicyclic) bond motifs is 10. The molecule has 0 atom stereocenters. The molecule has 5 nitrogen and oxygen atoms in total. The van der Waals surface area contributed by atoms with E-state index < -0.39 is 0 Å². The van der Waals surface area contributed by atoms with E-state index in [1.54, 1.807) is 6.33 Å². The molecule has 0 amide bonds. The van der Waals surface area contributed by atoms with Crippen molar-refractivity contribution in [3.63, 3.8) is 0 Å². The summed E-state index contributed by atoms with van der Waals surface area (Å²) in [5.74, 6) is 1.26. The van der Waals surface area contributed by atoms with Crippen LogP contribution in [0.3, 0.4) is 0 Å². The average molecular weight is 589 g/mol. The van der Waals surface area contributed by atoms with Crippen LogP contribution >= 0.6 is 0 Å². The van der Waals surface area contributed by atoms with Crippen molar-refractivity contribution in [3.8, 4) is 28.5 Å². The van der Waals surface area contributed by atoms with Gasteiger partial charge in [-0.25, -0.2) is 15.0 Å². The summed E-state index contributed by atoms with van der Waals surface area (Å²) in [6.07, 6.45) is 1.58. The van der Waals surface area contributed by atoms with Crippen molar-refractivity contribution in [1.82, 2.24) is 19.5 Å². The zero-order valence-electron chi connectivity index (χ0n) is 24.6. The van der Waals surface area contributed by atoms with Gasteiger partial charge in [-0.3, -0.25) is 0 Å². The van der Waals surface area contributed by atoms with Crippen molar-refractivity contribution in [3.05, 3.63) is 146 Å². The summed E-state index contributed by atoms with van der Waals surface area (Å²) < 4.78 is 8.94. The summed E-state index contributed by atoms with van der Waals surface area (Å²) in [4.78, 5) is 13.9. The molecule has 0 aliphatic carbocycles. The van der Waals surface area contributed by atoms with E-state index in [1.165, 1.54) is 37.8 Å². The number of aromatic nitrogens is 4. The molecule has 10 rings (SSSR count). The summed E-state index contributed by atoms with van der Waals surface area (Å²) >= 11 is 0. The van der Waals surface area contributed by atoms with Crippen LogP contribution in [-0.4, -0.2) is 19.5 Å². The topological polar surface area (TPSA) is 56.7 Å². The predicted octanol–water partition coefficient (Wildman–Crippen LogP) is 10.5. The Morgan fingerprint density at radius 2 is 1.24 bits per heavy atom. The summed E-state index contributed by atoms with van der Waals surface area (Å²) in [5, 5.41) is 9.44. The van der Waals surface area contributed by atoms with Crippen molar-refractivity contribution >= 4 is 65.3 Å². The van der Waals surface area contributed by atoms with Crippen LogP contribution in [0.5, 0.6) is 0 Å². The maximum absolute atomic E-state index is 6.55. The van der Waals surface area contributed by atoms with Crippen LogP contribution in [0.15, 0.2) is 150 Å². The van der Waals surface area contributed by atoms with Gasteiger partial charge in [0, 0.05) is 49.8 Å². The Hall–Kier alpha value is -6.33. The Kier molecular flexibility index (Phi) is 5.22. The Morgan fingerprint density at radius 1 is 0.500 bits per heavy atom. The summed E-state index contributed by atoms with van der Waals surface area (Å²) in [6, 6.07) is 48.9. The molecular formula is C41H24N4O. The number of furan rings is 1. The molecule has 10 aromatic rings. The molecule has 0 unspecified atom stereocenters. The highest BCUT2D eigenvalue weighted by atomic mass is 16.3. The second-order valence-electron chi connectivity index (χ2n) is 11.7. The molecule has 0 aliphatic rings. The van der Waals surface area contributed by atoms with Crippen LogP contribution in [0.25, 0.3) is 93.8 Å². The molecular weight excluding hydrogens is 564 g/mol. The number of rotatable bonds is 3. The van der Waals surface area contributed by atoms with Crippen molar-refractivity contribution in [1.29, 1.82) is 0 Å². The maximum Gasteiger partial charge on any atom is 0.164 e. The Morgan fingerprint density at radius 3 is 2.17 bits per heavy atom. The van der Waals surface area contributed by atoms with Gasteiger partial charge in [-0.15, -0.1) is 0 Å². The van der Waals surface area contributed by atoms with Crippen molar-refractivity contribution in [2.75, 3.05) is 0 Å². The molecule has 0 saturated heterocycles. The SMILES string of the molecule is c1ccc(-c2ncnc(-c3cccc4oc5cc(-n6c7ccccc7c7ccc8c9ccccc9ccc8c76)ccc5c34)n2)cc1. The molecule has 0 aliphatic heterocycles. The lowest BCUT2D eigenvalue weighted by Crippen LogP contribution is -1.95. The summed E-state index contributed by atoms with van der Waals surface area (Å²) in [5.41, 5.74) is 6.88. The first-order chi connectivity index (χ1) is 22.8. The molecule has 5 heteroatoms. The first kappa shape index (κ1) is 25.0. The quantitative estimate of drug-likeness (QED) is 0.193. The standard InChI is InChI=1S/C41H24N4O/c1-2-10-26(11-3-1)40-42-24-43-41(44-40)34-14-8-16-36-38(34)33-20-18-27(23-37(33)46-36)45-35-15-7-6-13-30(35)32-22-21-29-28-12-5-4-9-25(28)17-19-31(29)39(32)45/h1-24H. The fourth-order valence-electron chi connectivity index (χ4n) is 7.11. The van der Waals surface area contributed by atoms with Gasteiger partial charge in [0.2, 0.25) is 0 Å². The minimum absolute atomic E-state index is 0.618. The minimum atomic E-state index is 0.618. The molecule has 0 bridgehead atoms. The molecule has 0 N–H and O–H groups in total. The van der Waals surface area contributed by atoms with E-state index in [9.17, 15) is 0 Å². The average Bonchev–Trinajstić information content (AvgIpc) is 3.67. The molecule has 0 fully saturated rings. The van der Waals surface area contributed by atoms with E-state index in [1.807, 2.05) is 42.5 Å². The second kappa shape index (κ2) is 9.58. The van der Waals surface area contributed by atoms with E-state index in [-0.39, 0.29) is 0 Å². The number of benzene rings is 7. The lowest BCUT2D eigenvalue weighted by molar-refractivity contribution is 0.668. The molecule has 7 aromatic carbocycles. The first-order valence-corrected chi connectivity index (χ1v) is 15.4. The maximum atomic E-state index is 6.55. The Balaban J connectivity index is 1.21. The molecule has 0 spiro atoms. The van der Waals surface area contributed by atoms with E-state index >= 15 is 0 Å². The first-order valence-electron chi connectivity index (χ1n) is 15.4. The lowest BCUT2D eigenvalue weighted by atomic mass is 9.99. The third-order valence-corrected chi connectivity index (χ3v) is 9.14. The molecule has 3 heterocycles. The summed E-state index contributed by atoms with van der Waals surface area (Å²) in [7, 11) is 0. The highest BCUT2D eigenvalue weighted by Crippen LogP contribution is 2.41. The lowest BCUT2D eigenvalue weighted by Gasteiger charge is -2.11. The van der Waals surface area contributed by atoms with Gasteiger partial charge >= 0.3 is 0 Å². The normalized spacial score (nSPS) is 11.9.